The van der Waals surface area contributed by atoms with Crippen LogP contribution in [0.25, 0.3) is 0 Å². The van der Waals surface area contributed by atoms with Crippen LogP contribution in [0.1, 0.15) is 44.6 Å². The molecule has 0 spiro atoms. The molecule has 23 heavy (non-hydrogen) atoms. The number of fused-ring (bicyclic) bond motifs is 1. The second-order valence-electron chi connectivity index (χ2n) is 5.76. The predicted octanol–water partition coefficient (Wildman–Crippen LogP) is 3.31. The van der Waals surface area contributed by atoms with Crippen molar-refractivity contribution < 1.29 is 14.3 Å². The quantitative estimate of drug-likeness (QED) is 0.877. The van der Waals surface area contributed by atoms with Gasteiger partial charge in [-0.1, -0.05) is 6.92 Å². The average Bonchev–Trinajstić information content (AvgIpc) is 2.95. The number of carbonyl (C=O) groups excluding carboxylic acids is 2. The van der Waals surface area contributed by atoms with E-state index in [9.17, 15) is 9.59 Å². The van der Waals surface area contributed by atoms with Crippen molar-refractivity contribution in [2.75, 3.05) is 12.4 Å². The van der Waals surface area contributed by atoms with Gasteiger partial charge >= 0.3 is 5.97 Å². The fourth-order valence-corrected chi connectivity index (χ4v) is 3.80. The van der Waals surface area contributed by atoms with Gasteiger partial charge in [0.15, 0.2) is 5.13 Å². The zero-order chi connectivity index (χ0) is 16.4. The number of ether oxygens (including phenoxy) is 1. The fourth-order valence-electron chi connectivity index (χ4n) is 2.64. The van der Waals surface area contributed by atoms with Crippen LogP contribution in [0.5, 0.6) is 0 Å². The Bertz CT molecular complexity index is 737. The van der Waals surface area contributed by atoms with E-state index in [4.69, 9.17) is 0 Å². The number of thiazole rings is 1. The highest BCUT2D eigenvalue weighted by atomic mass is 32.1. The third-order valence-electron chi connectivity index (χ3n) is 3.97. The lowest BCUT2D eigenvalue weighted by atomic mass is 9.93. The highest BCUT2D eigenvalue weighted by Gasteiger charge is 2.20. The molecule has 1 amide bonds. The Morgan fingerprint density at radius 1 is 1.26 bits per heavy atom. The van der Waals surface area contributed by atoms with E-state index >= 15 is 0 Å². The Balaban J connectivity index is 1.71. The number of benzene rings is 1. The largest absolute Gasteiger partial charge is 0.465 e. The molecule has 1 aliphatic carbocycles. The zero-order valence-electron chi connectivity index (χ0n) is 13.1. The Morgan fingerprint density at radius 3 is 2.65 bits per heavy atom. The number of hydrogen-bond acceptors (Lipinski definition) is 5. The molecular weight excluding hydrogens is 312 g/mol. The Kier molecular flexibility index (Phi) is 4.43. The molecule has 1 aliphatic rings. The molecule has 120 valence electrons. The molecule has 1 unspecified atom stereocenters. The molecule has 0 saturated carbocycles. The number of amides is 1. The number of aromatic nitrogens is 1. The third-order valence-corrected chi connectivity index (χ3v) is 5.01. The number of rotatable bonds is 3. The highest BCUT2D eigenvalue weighted by Crippen LogP contribution is 2.32. The summed E-state index contributed by atoms with van der Waals surface area (Å²) >= 11 is 1.56. The summed E-state index contributed by atoms with van der Waals surface area (Å²) in [5.41, 5.74) is 2.02. The minimum Gasteiger partial charge on any atom is -0.465 e. The lowest BCUT2D eigenvalue weighted by Gasteiger charge is -2.15. The van der Waals surface area contributed by atoms with Gasteiger partial charge in [-0.25, -0.2) is 9.78 Å². The van der Waals surface area contributed by atoms with E-state index in [0.29, 0.717) is 22.2 Å². The lowest BCUT2D eigenvalue weighted by molar-refractivity contribution is 0.0600. The van der Waals surface area contributed by atoms with Crippen LogP contribution in [0.15, 0.2) is 24.3 Å². The first-order valence-electron chi connectivity index (χ1n) is 7.55. The van der Waals surface area contributed by atoms with Gasteiger partial charge in [0.05, 0.1) is 18.4 Å². The van der Waals surface area contributed by atoms with Gasteiger partial charge in [-0.05, 0) is 49.4 Å². The normalized spacial score (nSPS) is 16.5. The molecule has 0 aliphatic heterocycles. The molecule has 0 radical (unpaired) electrons. The van der Waals surface area contributed by atoms with Crippen molar-refractivity contribution in [3.63, 3.8) is 0 Å². The van der Waals surface area contributed by atoms with Gasteiger partial charge in [0.1, 0.15) is 0 Å². The SMILES string of the molecule is COC(=O)c1ccc(C(=O)Nc2nc3c(s2)CC(C)CC3)cc1. The van der Waals surface area contributed by atoms with Gasteiger partial charge in [0.25, 0.3) is 5.91 Å². The number of hydrogen-bond donors (Lipinski definition) is 1. The lowest BCUT2D eigenvalue weighted by Crippen LogP contribution is -2.12. The summed E-state index contributed by atoms with van der Waals surface area (Å²) in [5.74, 6) is 0.0385. The van der Waals surface area contributed by atoms with Gasteiger partial charge in [0, 0.05) is 10.4 Å². The Morgan fingerprint density at radius 2 is 1.96 bits per heavy atom. The topological polar surface area (TPSA) is 68.3 Å². The summed E-state index contributed by atoms with van der Waals surface area (Å²) in [5, 5.41) is 3.49. The predicted molar refractivity (Wildman–Crippen MR) is 89.0 cm³/mol. The average molecular weight is 330 g/mol. The molecule has 1 aromatic carbocycles. The smallest absolute Gasteiger partial charge is 0.337 e. The van der Waals surface area contributed by atoms with Crippen molar-refractivity contribution in [3.8, 4) is 0 Å². The van der Waals surface area contributed by atoms with E-state index < -0.39 is 5.97 Å². The molecular formula is C17H18N2O3S. The Labute approximate surface area is 138 Å². The summed E-state index contributed by atoms with van der Waals surface area (Å²) in [7, 11) is 1.33. The minimum atomic E-state index is -0.418. The second kappa shape index (κ2) is 6.50. The van der Waals surface area contributed by atoms with Gasteiger partial charge < -0.3 is 4.74 Å². The molecule has 2 aromatic rings. The number of esters is 1. The van der Waals surface area contributed by atoms with Crippen molar-refractivity contribution in [1.82, 2.24) is 4.98 Å². The standard InChI is InChI=1S/C17H18N2O3S/c1-10-3-8-13-14(9-10)23-17(18-13)19-15(20)11-4-6-12(7-5-11)16(21)22-2/h4-7,10H,3,8-9H2,1-2H3,(H,18,19,20). The van der Waals surface area contributed by atoms with E-state index in [2.05, 4.69) is 22.0 Å². The van der Waals surface area contributed by atoms with Crippen LogP contribution in [-0.2, 0) is 17.6 Å². The van der Waals surface area contributed by atoms with Crippen molar-refractivity contribution in [2.24, 2.45) is 5.92 Å². The second-order valence-corrected chi connectivity index (χ2v) is 6.84. The minimum absolute atomic E-state index is 0.222. The van der Waals surface area contributed by atoms with E-state index in [-0.39, 0.29) is 5.91 Å². The van der Waals surface area contributed by atoms with E-state index in [0.717, 1.165) is 25.0 Å². The van der Waals surface area contributed by atoms with Crippen LogP contribution in [0.4, 0.5) is 5.13 Å². The van der Waals surface area contributed by atoms with Gasteiger partial charge in [-0.3, -0.25) is 10.1 Å². The molecule has 3 rings (SSSR count). The van der Waals surface area contributed by atoms with Crippen molar-refractivity contribution in [2.45, 2.75) is 26.2 Å². The number of nitrogens with zero attached hydrogens (tertiary/aromatic N) is 1. The van der Waals surface area contributed by atoms with Crippen LogP contribution in [0, 0.1) is 5.92 Å². The Hall–Kier alpha value is -2.21. The van der Waals surface area contributed by atoms with Crippen molar-refractivity contribution in [3.05, 3.63) is 46.0 Å². The fraction of sp³-hybridized carbons (Fsp3) is 0.353. The van der Waals surface area contributed by atoms with Crippen LogP contribution >= 0.6 is 11.3 Å². The van der Waals surface area contributed by atoms with Crippen LogP contribution in [0.2, 0.25) is 0 Å². The van der Waals surface area contributed by atoms with Crippen LogP contribution in [-0.4, -0.2) is 24.0 Å². The van der Waals surface area contributed by atoms with Crippen molar-refractivity contribution in [1.29, 1.82) is 0 Å². The summed E-state index contributed by atoms with van der Waals surface area (Å²) in [6.07, 6.45) is 3.17. The van der Waals surface area contributed by atoms with E-state index in [1.54, 1.807) is 35.6 Å². The van der Waals surface area contributed by atoms with Gasteiger partial charge in [-0.15, -0.1) is 11.3 Å². The first kappa shape index (κ1) is 15.7. The highest BCUT2D eigenvalue weighted by molar-refractivity contribution is 7.15. The maximum Gasteiger partial charge on any atom is 0.337 e. The summed E-state index contributed by atoms with van der Waals surface area (Å²) in [6, 6.07) is 6.37. The molecule has 6 heteroatoms. The first-order chi connectivity index (χ1) is 11.1. The van der Waals surface area contributed by atoms with Gasteiger partial charge in [0.2, 0.25) is 0 Å². The number of nitrogens with one attached hydrogen (secondary N) is 1. The molecule has 0 saturated heterocycles. The molecule has 1 heterocycles. The molecule has 1 N–H and O–H groups in total. The number of carbonyl (C=O) groups is 2. The summed E-state index contributed by atoms with van der Waals surface area (Å²) < 4.78 is 4.64. The van der Waals surface area contributed by atoms with Crippen molar-refractivity contribution >= 4 is 28.3 Å². The molecule has 5 nitrogen and oxygen atoms in total. The maximum absolute atomic E-state index is 12.3. The van der Waals surface area contributed by atoms with Gasteiger partial charge in [-0.2, -0.15) is 0 Å². The summed E-state index contributed by atoms with van der Waals surface area (Å²) in [6.45, 7) is 2.24. The monoisotopic (exact) mass is 330 g/mol. The molecule has 0 fully saturated rings. The number of methoxy groups -OCH3 is 1. The molecule has 0 bridgehead atoms. The first-order valence-corrected chi connectivity index (χ1v) is 8.36. The maximum atomic E-state index is 12.3. The van der Waals surface area contributed by atoms with E-state index in [1.165, 1.54) is 12.0 Å². The number of anilines is 1. The van der Waals surface area contributed by atoms with Crippen LogP contribution < -0.4 is 5.32 Å². The summed E-state index contributed by atoms with van der Waals surface area (Å²) in [4.78, 5) is 29.5. The zero-order valence-corrected chi connectivity index (χ0v) is 13.9. The van der Waals surface area contributed by atoms with E-state index in [1.807, 2.05) is 0 Å². The molecule has 1 atom stereocenters. The number of aryl methyl sites for hydroxylation is 1. The molecule has 1 aromatic heterocycles. The third kappa shape index (κ3) is 3.42. The van der Waals surface area contributed by atoms with Crippen LogP contribution in [0.3, 0.4) is 0 Å².